The minimum atomic E-state index is -4.23. The number of aryl methyl sites for hydroxylation is 1. The Morgan fingerprint density at radius 3 is 2.50 bits per heavy atom. The van der Waals surface area contributed by atoms with E-state index in [0.717, 1.165) is 21.5 Å². The third-order valence-electron chi connectivity index (χ3n) is 6.03. The van der Waals surface area contributed by atoms with Crippen LogP contribution in [0.3, 0.4) is 0 Å². The van der Waals surface area contributed by atoms with Gasteiger partial charge in [-0.05, 0) is 57.2 Å². The number of halogens is 1. The van der Waals surface area contributed by atoms with Gasteiger partial charge in [0, 0.05) is 18.1 Å². The summed E-state index contributed by atoms with van der Waals surface area (Å²) in [4.78, 5) is 13.2. The maximum atomic E-state index is 14.8. The van der Waals surface area contributed by atoms with E-state index in [-0.39, 0.29) is 10.6 Å². The van der Waals surface area contributed by atoms with Crippen molar-refractivity contribution in [2.75, 3.05) is 18.0 Å². The first-order valence-corrected chi connectivity index (χ1v) is 12.9. The Labute approximate surface area is 210 Å². The monoisotopic (exact) mass is 512 g/mol. The summed E-state index contributed by atoms with van der Waals surface area (Å²) >= 11 is 0. The van der Waals surface area contributed by atoms with Crippen molar-refractivity contribution in [3.05, 3.63) is 83.7 Å². The van der Waals surface area contributed by atoms with Crippen molar-refractivity contribution < 1.29 is 27.1 Å². The second-order valence-electron chi connectivity index (χ2n) is 9.37. The summed E-state index contributed by atoms with van der Waals surface area (Å²) in [5.74, 6) is -0.121. The van der Waals surface area contributed by atoms with Crippen molar-refractivity contribution in [2.24, 2.45) is 0 Å². The zero-order valence-corrected chi connectivity index (χ0v) is 21.4. The molecule has 190 valence electrons. The molecule has 0 radical (unpaired) electrons. The Hall–Kier alpha value is -3.59. The number of para-hydroxylation sites is 1. The number of fused-ring (bicyclic) bond motifs is 1. The van der Waals surface area contributed by atoms with Gasteiger partial charge in [0.15, 0.2) is 0 Å². The van der Waals surface area contributed by atoms with E-state index in [9.17, 15) is 17.6 Å². The van der Waals surface area contributed by atoms with Crippen LogP contribution in [0.4, 0.5) is 10.1 Å². The summed E-state index contributed by atoms with van der Waals surface area (Å²) in [5, 5.41) is 2.93. The van der Waals surface area contributed by atoms with Gasteiger partial charge in [-0.15, -0.1) is 0 Å². The molecule has 1 aliphatic heterocycles. The molecule has 1 atom stereocenters. The van der Waals surface area contributed by atoms with Gasteiger partial charge < -0.3 is 14.8 Å². The number of nitrogens with zero attached hydrogens (tertiary/aromatic N) is 1. The minimum absolute atomic E-state index is 0.0335. The largest absolute Gasteiger partial charge is 0.497 e. The second kappa shape index (κ2) is 9.81. The van der Waals surface area contributed by atoms with E-state index in [1.807, 2.05) is 26.8 Å². The zero-order chi connectivity index (χ0) is 26.1. The van der Waals surface area contributed by atoms with Gasteiger partial charge in [-0.3, -0.25) is 9.10 Å². The Kier molecular flexibility index (Phi) is 6.95. The van der Waals surface area contributed by atoms with Crippen LogP contribution in [0.25, 0.3) is 0 Å². The Morgan fingerprint density at radius 2 is 1.83 bits per heavy atom. The first-order valence-electron chi connectivity index (χ1n) is 11.5. The summed E-state index contributed by atoms with van der Waals surface area (Å²) in [5.41, 5.74) is 0.839. The predicted molar refractivity (Wildman–Crippen MR) is 135 cm³/mol. The van der Waals surface area contributed by atoms with Gasteiger partial charge in [0.1, 0.15) is 29.5 Å². The summed E-state index contributed by atoms with van der Waals surface area (Å²) in [6, 6.07) is 16.6. The van der Waals surface area contributed by atoms with Gasteiger partial charge in [-0.25, -0.2) is 12.8 Å². The van der Waals surface area contributed by atoms with Crippen molar-refractivity contribution in [3.63, 3.8) is 0 Å². The van der Waals surface area contributed by atoms with Crippen LogP contribution < -0.4 is 19.1 Å². The molecule has 0 saturated heterocycles. The van der Waals surface area contributed by atoms with Gasteiger partial charge in [-0.2, -0.15) is 0 Å². The van der Waals surface area contributed by atoms with E-state index in [1.54, 1.807) is 31.4 Å². The van der Waals surface area contributed by atoms with Crippen molar-refractivity contribution in [2.45, 2.75) is 43.7 Å². The molecule has 9 heteroatoms. The fraction of sp³-hybridized carbons (Fsp3) is 0.296. The SMILES string of the molecule is COc1ccc2c(c1)OC(C)(C)CC2NC(=O)CN(c1ccccc1F)S(=O)(=O)c1ccc(C)cc1. The van der Waals surface area contributed by atoms with E-state index in [4.69, 9.17) is 9.47 Å². The number of amides is 1. The average Bonchev–Trinajstić information content (AvgIpc) is 2.82. The highest BCUT2D eigenvalue weighted by Gasteiger charge is 2.36. The van der Waals surface area contributed by atoms with Crippen LogP contribution in [-0.4, -0.2) is 33.6 Å². The topological polar surface area (TPSA) is 84.9 Å². The van der Waals surface area contributed by atoms with Gasteiger partial charge in [0.05, 0.1) is 23.7 Å². The lowest BCUT2D eigenvalue weighted by molar-refractivity contribution is -0.120. The van der Waals surface area contributed by atoms with E-state index >= 15 is 0 Å². The third-order valence-corrected chi connectivity index (χ3v) is 7.80. The lowest BCUT2D eigenvalue weighted by Crippen LogP contribution is -2.45. The van der Waals surface area contributed by atoms with Crippen LogP contribution in [0.2, 0.25) is 0 Å². The standard InChI is InChI=1S/C27H29FN2O5S/c1-18-9-12-20(13-10-18)36(32,33)30(24-8-6-5-7-22(24)28)17-26(31)29-23-16-27(2,3)35-25-15-19(34-4)11-14-21(23)25/h5-15,23H,16-17H2,1-4H3,(H,29,31). The van der Waals surface area contributed by atoms with Crippen LogP contribution in [-0.2, 0) is 14.8 Å². The maximum Gasteiger partial charge on any atom is 0.264 e. The number of sulfonamides is 1. The molecule has 1 amide bonds. The number of hydrogen-bond acceptors (Lipinski definition) is 5. The second-order valence-corrected chi connectivity index (χ2v) is 11.2. The van der Waals surface area contributed by atoms with Gasteiger partial charge >= 0.3 is 0 Å². The molecule has 0 aliphatic carbocycles. The third kappa shape index (κ3) is 5.31. The highest BCUT2D eigenvalue weighted by molar-refractivity contribution is 7.92. The number of ether oxygens (including phenoxy) is 2. The minimum Gasteiger partial charge on any atom is -0.497 e. The fourth-order valence-corrected chi connectivity index (χ4v) is 5.68. The van der Waals surface area contributed by atoms with Crippen molar-refractivity contribution >= 4 is 21.6 Å². The first-order chi connectivity index (χ1) is 17.0. The summed E-state index contributed by atoms with van der Waals surface area (Å²) in [6.45, 7) is 5.05. The lowest BCUT2D eigenvalue weighted by atomic mass is 9.89. The molecule has 36 heavy (non-hydrogen) atoms. The van der Waals surface area contributed by atoms with Crippen LogP contribution >= 0.6 is 0 Å². The molecule has 1 heterocycles. The molecular formula is C27H29FN2O5S. The summed E-state index contributed by atoms with van der Waals surface area (Å²) < 4.78 is 54.0. The number of benzene rings is 3. The number of carbonyl (C=O) groups excluding carboxylic acids is 1. The molecule has 1 N–H and O–H groups in total. The first kappa shape index (κ1) is 25.5. The number of rotatable bonds is 7. The van der Waals surface area contributed by atoms with Crippen molar-refractivity contribution in [1.29, 1.82) is 0 Å². The maximum absolute atomic E-state index is 14.8. The smallest absolute Gasteiger partial charge is 0.264 e. The molecule has 3 aromatic carbocycles. The lowest BCUT2D eigenvalue weighted by Gasteiger charge is -2.38. The molecule has 0 saturated carbocycles. The van der Waals surface area contributed by atoms with Gasteiger partial charge in [0.25, 0.3) is 10.0 Å². The number of hydrogen-bond donors (Lipinski definition) is 1. The highest BCUT2D eigenvalue weighted by Crippen LogP contribution is 2.41. The Balaban J connectivity index is 1.66. The van der Waals surface area contributed by atoms with E-state index < -0.39 is 39.9 Å². The predicted octanol–water partition coefficient (Wildman–Crippen LogP) is 4.76. The number of carbonyl (C=O) groups is 1. The number of anilines is 1. The molecule has 4 rings (SSSR count). The van der Waals surface area contributed by atoms with E-state index in [1.165, 1.54) is 30.3 Å². The van der Waals surface area contributed by atoms with Crippen LogP contribution in [0.5, 0.6) is 11.5 Å². The molecular weight excluding hydrogens is 483 g/mol. The summed E-state index contributed by atoms with van der Waals surface area (Å²) in [7, 11) is -2.67. The average molecular weight is 513 g/mol. The highest BCUT2D eigenvalue weighted by atomic mass is 32.2. The molecule has 1 unspecified atom stereocenters. The van der Waals surface area contributed by atoms with Crippen molar-refractivity contribution in [3.8, 4) is 11.5 Å². The number of methoxy groups -OCH3 is 1. The fourth-order valence-electron chi connectivity index (χ4n) is 4.25. The Morgan fingerprint density at radius 1 is 1.14 bits per heavy atom. The zero-order valence-electron chi connectivity index (χ0n) is 20.6. The van der Waals surface area contributed by atoms with Crippen molar-refractivity contribution in [1.82, 2.24) is 5.32 Å². The van der Waals surface area contributed by atoms with Crippen LogP contribution in [0.1, 0.15) is 37.4 Å². The van der Waals surface area contributed by atoms with Gasteiger partial charge in [-0.1, -0.05) is 29.8 Å². The molecule has 3 aromatic rings. The van der Waals surface area contributed by atoms with Gasteiger partial charge in [0.2, 0.25) is 5.91 Å². The molecule has 0 fully saturated rings. The van der Waals surface area contributed by atoms with E-state index in [0.29, 0.717) is 17.9 Å². The molecule has 1 aliphatic rings. The summed E-state index contributed by atoms with van der Waals surface area (Å²) in [6.07, 6.45) is 0.461. The molecule has 0 aromatic heterocycles. The molecule has 0 spiro atoms. The molecule has 7 nitrogen and oxygen atoms in total. The van der Waals surface area contributed by atoms with E-state index in [2.05, 4.69) is 5.32 Å². The quantitative estimate of drug-likeness (QED) is 0.494. The van der Waals surface area contributed by atoms with Crippen LogP contribution in [0.15, 0.2) is 71.6 Å². The Bertz CT molecular complexity index is 1370. The van der Waals surface area contributed by atoms with Crippen LogP contribution in [0, 0.1) is 12.7 Å². The molecule has 0 bridgehead atoms. The number of nitrogens with one attached hydrogen (secondary N) is 1. The normalized spacial score (nSPS) is 16.4.